The monoisotopic (exact) mass is 312 g/mol. The van der Waals surface area contributed by atoms with Crippen LogP contribution >= 0.6 is 0 Å². The molecule has 0 saturated heterocycles. The van der Waals surface area contributed by atoms with Gasteiger partial charge in [0.1, 0.15) is 5.57 Å². The summed E-state index contributed by atoms with van der Waals surface area (Å²) in [6.45, 7) is 2.24. The zero-order chi connectivity index (χ0) is 16.6. The van der Waals surface area contributed by atoms with Gasteiger partial charge in [-0.3, -0.25) is 0 Å². The van der Waals surface area contributed by atoms with Gasteiger partial charge in [-0.15, -0.1) is 0 Å². The molecule has 0 aromatic heterocycles. The van der Waals surface area contributed by atoms with Crippen molar-refractivity contribution >= 4 is 11.9 Å². The SMILES string of the molecule is CCCCCCCCCCCCCCC=C(C(=O)O)C(=O)O. The van der Waals surface area contributed by atoms with Crippen LogP contribution in [0, 0.1) is 0 Å². The summed E-state index contributed by atoms with van der Waals surface area (Å²) in [5.74, 6) is -2.71. The molecule has 0 unspecified atom stereocenters. The van der Waals surface area contributed by atoms with Crippen molar-refractivity contribution in [3.05, 3.63) is 11.6 Å². The van der Waals surface area contributed by atoms with Gasteiger partial charge >= 0.3 is 11.9 Å². The maximum absolute atomic E-state index is 10.6. The van der Waals surface area contributed by atoms with Gasteiger partial charge in [-0.25, -0.2) is 9.59 Å². The van der Waals surface area contributed by atoms with E-state index in [-0.39, 0.29) is 0 Å². The minimum atomic E-state index is -1.36. The Kier molecular flexibility index (Phi) is 13.7. The molecule has 0 aliphatic rings. The fourth-order valence-corrected chi connectivity index (χ4v) is 2.50. The Bertz CT molecular complexity index is 318. The first-order valence-corrected chi connectivity index (χ1v) is 8.76. The second-order valence-electron chi connectivity index (χ2n) is 5.91. The van der Waals surface area contributed by atoms with Gasteiger partial charge in [-0.05, 0) is 12.8 Å². The zero-order valence-electron chi connectivity index (χ0n) is 14.0. The van der Waals surface area contributed by atoms with E-state index in [1.807, 2.05) is 0 Å². The van der Waals surface area contributed by atoms with Crippen LogP contribution in [-0.4, -0.2) is 22.2 Å². The van der Waals surface area contributed by atoms with E-state index in [0.717, 1.165) is 19.3 Å². The number of aliphatic carboxylic acids is 2. The molecule has 0 aromatic rings. The van der Waals surface area contributed by atoms with Crippen molar-refractivity contribution in [1.82, 2.24) is 0 Å². The van der Waals surface area contributed by atoms with Crippen LogP contribution in [0.3, 0.4) is 0 Å². The lowest BCUT2D eigenvalue weighted by Crippen LogP contribution is -2.10. The number of carboxylic acid groups (broad SMARTS) is 2. The van der Waals surface area contributed by atoms with Crippen molar-refractivity contribution in [3.8, 4) is 0 Å². The largest absolute Gasteiger partial charge is 0.477 e. The van der Waals surface area contributed by atoms with Gasteiger partial charge < -0.3 is 10.2 Å². The summed E-state index contributed by atoms with van der Waals surface area (Å²) in [7, 11) is 0. The first-order chi connectivity index (χ1) is 10.6. The Morgan fingerprint density at radius 2 is 1.05 bits per heavy atom. The maximum atomic E-state index is 10.6. The van der Waals surface area contributed by atoms with Crippen molar-refractivity contribution in [2.45, 2.75) is 90.4 Å². The molecule has 0 aliphatic carbocycles. The average molecular weight is 312 g/mol. The molecule has 0 radical (unpaired) electrons. The number of hydrogen-bond donors (Lipinski definition) is 2. The van der Waals surface area contributed by atoms with Crippen LogP contribution in [0.25, 0.3) is 0 Å². The number of allylic oxidation sites excluding steroid dienone is 1. The Hall–Kier alpha value is -1.32. The van der Waals surface area contributed by atoms with E-state index < -0.39 is 17.5 Å². The molecule has 22 heavy (non-hydrogen) atoms. The minimum absolute atomic E-state index is 0.511. The lowest BCUT2D eigenvalue weighted by Gasteiger charge is -2.02. The molecular formula is C18H32O4. The van der Waals surface area contributed by atoms with Crippen molar-refractivity contribution < 1.29 is 19.8 Å². The molecule has 0 fully saturated rings. The van der Waals surface area contributed by atoms with Crippen molar-refractivity contribution in [2.24, 2.45) is 0 Å². The molecule has 0 rings (SSSR count). The third kappa shape index (κ3) is 12.4. The zero-order valence-corrected chi connectivity index (χ0v) is 14.0. The Balaban J connectivity index is 3.38. The third-order valence-corrected chi connectivity index (χ3v) is 3.87. The van der Waals surface area contributed by atoms with Gasteiger partial charge in [0.2, 0.25) is 0 Å². The molecule has 0 atom stereocenters. The van der Waals surface area contributed by atoms with Crippen molar-refractivity contribution in [2.75, 3.05) is 0 Å². The van der Waals surface area contributed by atoms with Crippen LogP contribution in [0.4, 0.5) is 0 Å². The van der Waals surface area contributed by atoms with Gasteiger partial charge in [-0.1, -0.05) is 83.6 Å². The van der Waals surface area contributed by atoms with Crippen LogP contribution in [0.5, 0.6) is 0 Å². The van der Waals surface area contributed by atoms with Crippen LogP contribution in [0.1, 0.15) is 90.4 Å². The highest BCUT2D eigenvalue weighted by molar-refractivity contribution is 6.12. The molecule has 0 bridgehead atoms. The van der Waals surface area contributed by atoms with E-state index >= 15 is 0 Å². The smallest absolute Gasteiger partial charge is 0.342 e. The van der Waals surface area contributed by atoms with Gasteiger partial charge in [0.05, 0.1) is 0 Å². The second-order valence-corrected chi connectivity index (χ2v) is 5.91. The number of carbonyl (C=O) groups is 2. The van der Waals surface area contributed by atoms with Crippen LogP contribution in [-0.2, 0) is 9.59 Å². The average Bonchev–Trinajstić information content (AvgIpc) is 2.46. The van der Waals surface area contributed by atoms with Crippen LogP contribution in [0.2, 0.25) is 0 Å². The quantitative estimate of drug-likeness (QED) is 0.189. The predicted octanol–water partition coefficient (Wildman–Crippen LogP) is 5.17. The summed E-state index contributed by atoms with van der Waals surface area (Å²) in [6.07, 6.45) is 16.8. The molecule has 0 amide bonds. The summed E-state index contributed by atoms with van der Waals surface area (Å²) in [6, 6.07) is 0. The van der Waals surface area contributed by atoms with E-state index in [0.29, 0.717) is 6.42 Å². The Labute approximate surface area is 134 Å². The van der Waals surface area contributed by atoms with Crippen molar-refractivity contribution in [3.63, 3.8) is 0 Å². The number of hydrogen-bond acceptors (Lipinski definition) is 2. The predicted molar refractivity (Wildman–Crippen MR) is 89.0 cm³/mol. The third-order valence-electron chi connectivity index (χ3n) is 3.87. The normalized spacial score (nSPS) is 10.4. The lowest BCUT2D eigenvalue weighted by atomic mass is 10.0. The molecule has 0 saturated carbocycles. The standard InChI is InChI=1S/C18H32O4/c1-2-3-4-5-6-7-8-9-10-11-12-13-14-15-16(17(19)20)18(21)22/h15H,2-14H2,1H3,(H,19,20)(H,21,22). The number of unbranched alkanes of at least 4 members (excludes halogenated alkanes) is 12. The van der Waals surface area contributed by atoms with Gasteiger partial charge in [0.15, 0.2) is 0 Å². The second kappa shape index (κ2) is 14.6. The molecule has 128 valence electrons. The minimum Gasteiger partial charge on any atom is -0.477 e. The number of carboxylic acids is 2. The Morgan fingerprint density at radius 1 is 0.682 bits per heavy atom. The fourth-order valence-electron chi connectivity index (χ4n) is 2.50. The fraction of sp³-hybridized carbons (Fsp3) is 0.778. The van der Waals surface area contributed by atoms with Gasteiger partial charge in [0, 0.05) is 0 Å². The summed E-state index contributed by atoms with van der Waals surface area (Å²) >= 11 is 0. The van der Waals surface area contributed by atoms with E-state index in [4.69, 9.17) is 10.2 Å². The van der Waals surface area contributed by atoms with Crippen LogP contribution < -0.4 is 0 Å². The highest BCUT2D eigenvalue weighted by Crippen LogP contribution is 2.13. The topological polar surface area (TPSA) is 74.6 Å². The molecule has 4 nitrogen and oxygen atoms in total. The molecule has 0 aliphatic heterocycles. The highest BCUT2D eigenvalue weighted by Gasteiger charge is 2.14. The van der Waals surface area contributed by atoms with Crippen LogP contribution in [0.15, 0.2) is 11.6 Å². The first-order valence-electron chi connectivity index (χ1n) is 8.76. The summed E-state index contributed by atoms with van der Waals surface area (Å²) in [5, 5.41) is 17.4. The van der Waals surface area contributed by atoms with E-state index in [1.54, 1.807) is 0 Å². The molecule has 2 N–H and O–H groups in total. The highest BCUT2D eigenvalue weighted by atomic mass is 16.4. The first kappa shape index (κ1) is 20.7. The number of rotatable bonds is 15. The molecule has 0 aromatic carbocycles. The van der Waals surface area contributed by atoms with Gasteiger partial charge in [0.25, 0.3) is 0 Å². The Morgan fingerprint density at radius 3 is 1.41 bits per heavy atom. The molecule has 4 heteroatoms. The lowest BCUT2D eigenvalue weighted by molar-refractivity contribution is -0.140. The van der Waals surface area contributed by atoms with Crippen molar-refractivity contribution in [1.29, 1.82) is 0 Å². The molecular weight excluding hydrogens is 280 g/mol. The summed E-state index contributed by atoms with van der Waals surface area (Å²) < 4.78 is 0. The van der Waals surface area contributed by atoms with Gasteiger partial charge in [-0.2, -0.15) is 0 Å². The summed E-state index contributed by atoms with van der Waals surface area (Å²) in [4.78, 5) is 21.3. The molecule has 0 spiro atoms. The van der Waals surface area contributed by atoms with E-state index in [2.05, 4.69) is 6.92 Å². The maximum Gasteiger partial charge on any atom is 0.342 e. The van der Waals surface area contributed by atoms with E-state index in [1.165, 1.54) is 63.9 Å². The summed E-state index contributed by atoms with van der Waals surface area (Å²) in [5.41, 5.74) is -0.511. The van der Waals surface area contributed by atoms with E-state index in [9.17, 15) is 9.59 Å². The molecule has 0 heterocycles.